The van der Waals surface area contributed by atoms with Crippen molar-refractivity contribution in [1.29, 1.82) is 0 Å². The third-order valence-corrected chi connectivity index (χ3v) is 4.08. The van der Waals surface area contributed by atoms with E-state index in [-0.39, 0.29) is 0 Å². The minimum absolute atomic E-state index is 0.479. The van der Waals surface area contributed by atoms with E-state index in [2.05, 4.69) is 38.9 Å². The molecule has 0 aromatic carbocycles. The van der Waals surface area contributed by atoms with Crippen LogP contribution in [0.4, 0.5) is 5.82 Å². The summed E-state index contributed by atoms with van der Waals surface area (Å²) in [6.07, 6.45) is 6.62. The molecule has 1 aromatic heterocycles. The van der Waals surface area contributed by atoms with Crippen molar-refractivity contribution in [2.75, 3.05) is 31.1 Å². The van der Waals surface area contributed by atoms with Crippen molar-refractivity contribution in [2.45, 2.75) is 45.3 Å². The van der Waals surface area contributed by atoms with E-state index < -0.39 is 0 Å². The van der Waals surface area contributed by atoms with Gasteiger partial charge < -0.3 is 10.2 Å². The van der Waals surface area contributed by atoms with Gasteiger partial charge in [-0.1, -0.05) is 13.8 Å². The minimum Gasteiger partial charge on any atom is -0.353 e. The Balaban J connectivity index is 1.52. The molecule has 1 aliphatic heterocycles. The van der Waals surface area contributed by atoms with Crippen LogP contribution in [0.25, 0.3) is 0 Å². The Hall–Kier alpha value is -1.20. The Bertz CT molecular complexity index is 418. The fraction of sp³-hybridized carbons (Fsp3) is 0.733. The number of aromatic nitrogens is 2. The molecule has 20 heavy (non-hydrogen) atoms. The number of nitrogens with one attached hydrogen (secondary N) is 1. The number of hydrogen-bond donors (Lipinski definition) is 1. The SMILES string of the molecule is CC(C)NCc1cnc(N2CCN(C3CC3)CC2)cn1. The summed E-state index contributed by atoms with van der Waals surface area (Å²) < 4.78 is 0. The quantitative estimate of drug-likeness (QED) is 0.876. The van der Waals surface area contributed by atoms with E-state index in [0.29, 0.717) is 6.04 Å². The normalized spacial score (nSPS) is 20.6. The Morgan fingerprint density at radius 3 is 2.45 bits per heavy atom. The lowest BCUT2D eigenvalue weighted by Gasteiger charge is -2.35. The number of hydrogen-bond acceptors (Lipinski definition) is 5. The van der Waals surface area contributed by atoms with Gasteiger partial charge in [0.25, 0.3) is 0 Å². The first-order valence-corrected chi connectivity index (χ1v) is 7.75. The molecule has 1 saturated heterocycles. The van der Waals surface area contributed by atoms with Crippen LogP contribution < -0.4 is 10.2 Å². The molecular weight excluding hydrogens is 250 g/mol. The van der Waals surface area contributed by atoms with Gasteiger partial charge in [0, 0.05) is 44.8 Å². The summed E-state index contributed by atoms with van der Waals surface area (Å²) in [5.74, 6) is 1.02. The van der Waals surface area contributed by atoms with Crippen molar-refractivity contribution in [1.82, 2.24) is 20.2 Å². The summed E-state index contributed by atoms with van der Waals surface area (Å²) in [6.45, 7) is 9.57. The first-order chi connectivity index (χ1) is 9.72. The van der Waals surface area contributed by atoms with Crippen LogP contribution in [-0.2, 0) is 6.54 Å². The molecule has 3 rings (SSSR count). The molecule has 1 aliphatic carbocycles. The van der Waals surface area contributed by atoms with Gasteiger partial charge in [0.1, 0.15) is 5.82 Å². The number of rotatable bonds is 5. The van der Waals surface area contributed by atoms with Gasteiger partial charge in [-0.2, -0.15) is 0 Å². The van der Waals surface area contributed by atoms with E-state index >= 15 is 0 Å². The Morgan fingerprint density at radius 2 is 1.90 bits per heavy atom. The van der Waals surface area contributed by atoms with Crippen LogP contribution in [0.15, 0.2) is 12.4 Å². The third kappa shape index (κ3) is 3.46. The molecule has 2 heterocycles. The summed E-state index contributed by atoms with van der Waals surface area (Å²) in [6, 6.07) is 1.36. The van der Waals surface area contributed by atoms with Crippen LogP contribution in [-0.4, -0.2) is 53.1 Å². The fourth-order valence-corrected chi connectivity index (χ4v) is 2.67. The first kappa shape index (κ1) is 13.8. The summed E-state index contributed by atoms with van der Waals surface area (Å²) >= 11 is 0. The molecule has 0 atom stereocenters. The van der Waals surface area contributed by atoms with E-state index in [4.69, 9.17) is 0 Å². The van der Waals surface area contributed by atoms with Crippen molar-refractivity contribution in [3.63, 3.8) is 0 Å². The van der Waals surface area contributed by atoms with E-state index in [9.17, 15) is 0 Å². The highest BCUT2D eigenvalue weighted by molar-refractivity contribution is 5.36. The van der Waals surface area contributed by atoms with Gasteiger partial charge in [0.2, 0.25) is 0 Å². The second-order valence-corrected chi connectivity index (χ2v) is 6.16. The van der Waals surface area contributed by atoms with Gasteiger partial charge in [0.15, 0.2) is 0 Å². The molecule has 0 radical (unpaired) electrons. The van der Waals surface area contributed by atoms with Gasteiger partial charge in [-0.05, 0) is 12.8 Å². The molecule has 1 aromatic rings. The van der Waals surface area contributed by atoms with Gasteiger partial charge in [0.05, 0.1) is 18.1 Å². The molecule has 2 fully saturated rings. The summed E-state index contributed by atoms with van der Waals surface area (Å²) in [5, 5.41) is 3.36. The zero-order valence-electron chi connectivity index (χ0n) is 12.5. The minimum atomic E-state index is 0.479. The lowest BCUT2D eigenvalue weighted by atomic mass is 10.3. The zero-order valence-corrected chi connectivity index (χ0v) is 12.5. The fourth-order valence-electron chi connectivity index (χ4n) is 2.67. The molecule has 110 valence electrons. The van der Waals surface area contributed by atoms with Crippen LogP contribution in [0.2, 0.25) is 0 Å². The molecule has 2 aliphatic rings. The average Bonchev–Trinajstić information content (AvgIpc) is 3.31. The molecule has 1 N–H and O–H groups in total. The maximum absolute atomic E-state index is 4.57. The second-order valence-electron chi connectivity index (χ2n) is 6.16. The van der Waals surface area contributed by atoms with Crippen LogP contribution in [0.3, 0.4) is 0 Å². The van der Waals surface area contributed by atoms with E-state index in [1.165, 1.54) is 25.9 Å². The lowest BCUT2D eigenvalue weighted by molar-refractivity contribution is 0.247. The maximum Gasteiger partial charge on any atom is 0.147 e. The predicted octanol–water partition coefficient (Wildman–Crippen LogP) is 1.26. The molecule has 5 nitrogen and oxygen atoms in total. The van der Waals surface area contributed by atoms with Gasteiger partial charge in [-0.15, -0.1) is 0 Å². The Morgan fingerprint density at radius 1 is 1.15 bits per heavy atom. The monoisotopic (exact) mass is 275 g/mol. The van der Waals surface area contributed by atoms with Crippen LogP contribution >= 0.6 is 0 Å². The summed E-state index contributed by atoms with van der Waals surface area (Å²) in [7, 11) is 0. The van der Waals surface area contributed by atoms with Crippen molar-refractivity contribution < 1.29 is 0 Å². The molecule has 5 heteroatoms. The van der Waals surface area contributed by atoms with E-state index in [1.807, 2.05) is 12.4 Å². The summed E-state index contributed by atoms with van der Waals surface area (Å²) in [5.41, 5.74) is 1.01. The standard InChI is InChI=1S/C15H25N5/c1-12(2)16-9-13-10-18-15(11-17-13)20-7-5-19(6-8-20)14-3-4-14/h10-12,14,16H,3-9H2,1-2H3. The number of anilines is 1. The maximum atomic E-state index is 4.57. The van der Waals surface area contributed by atoms with Crippen LogP contribution in [0.5, 0.6) is 0 Å². The van der Waals surface area contributed by atoms with Gasteiger partial charge in [-0.25, -0.2) is 4.98 Å². The molecule has 1 saturated carbocycles. The van der Waals surface area contributed by atoms with Crippen molar-refractivity contribution >= 4 is 5.82 Å². The summed E-state index contributed by atoms with van der Waals surface area (Å²) in [4.78, 5) is 14.1. The topological polar surface area (TPSA) is 44.3 Å². The van der Waals surface area contributed by atoms with Crippen molar-refractivity contribution in [3.8, 4) is 0 Å². The lowest BCUT2D eigenvalue weighted by Crippen LogP contribution is -2.47. The largest absolute Gasteiger partial charge is 0.353 e. The molecular formula is C15H25N5. The molecule has 0 bridgehead atoms. The van der Waals surface area contributed by atoms with Gasteiger partial charge in [-0.3, -0.25) is 9.88 Å². The smallest absolute Gasteiger partial charge is 0.147 e. The molecule has 0 amide bonds. The van der Waals surface area contributed by atoms with Crippen molar-refractivity contribution in [2.24, 2.45) is 0 Å². The van der Waals surface area contributed by atoms with E-state index in [1.54, 1.807) is 0 Å². The predicted molar refractivity (Wildman–Crippen MR) is 80.8 cm³/mol. The zero-order chi connectivity index (χ0) is 13.9. The van der Waals surface area contributed by atoms with Crippen molar-refractivity contribution in [3.05, 3.63) is 18.1 Å². The van der Waals surface area contributed by atoms with Crippen LogP contribution in [0, 0.1) is 0 Å². The number of nitrogens with zero attached hydrogens (tertiary/aromatic N) is 4. The third-order valence-electron chi connectivity index (χ3n) is 4.08. The molecule has 0 spiro atoms. The van der Waals surface area contributed by atoms with Crippen LogP contribution in [0.1, 0.15) is 32.4 Å². The highest BCUT2D eigenvalue weighted by atomic mass is 15.3. The number of piperazine rings is 1. The van der Waals surface area contributed by atoms with E-state index in [0.717, 1.165) is 37.2 Å². The van der Waals surface area contributed by atoms with Gasteiger partial charge >= 0.3 is 0 Å². The second kappa shape index (κ2) is 6.06. The highest BCUT2D eigenvalue weighted by Crippen LogP contribution is 2.28. The average molecular weight is 275 g/mol. The first-order valence-electron chi connectivity index (χ1n) is 7.75. The molecule has 0 unspecified atom stereocenters. The Labute approximate surface area is 121 Å². The highest BCUT2D eigenvalue weighted by Gasteiger charge is 2.31. The Kier molecular flexibility index (Phi) is 4.17.